The SMILES string of the molecule is C=C(NCCCN1CCOCC1)c1cc(N)cc(C/C=C/C)c1. The Hall–Kier alpha value is -1.78. The molecular formula is C19H29N3O. The molecule has 0 unspecified atom stereocenters. The minimum atomic E-state index is 0.790. The molecule has 0 saturated carbocycles. The van der Waals surface area contributed by atoms with Gasteiger partial charge in [-0.2, -0.15) is 0 Å². The largest absolute Gasteiger partial charge is 0.399 e. The van der Waals surface area contributed by atoms with Crippen LogP contribution >= 0.6 is 0 Å². The van der Waals surface area contributed by atoms with Crippen LogP contribution in [0.5, 0.6) is 0 Å². The monoisotopic (exact) mass is 315 g/mol. The highest BCUT2D eigenvalue weighted by Crippen LogP contribution is 2.18. The number of ether oxygens (including phenoxy) is 1. The summed E-state index contributed by atoms with van der Waals surface area (Å²) in [6.07, 6.45) is 6.20. The van der Waals surface area contributed by atoms with Crippen LogP contribution < -0.4 is 11.1 Å². The second-order valence-corrected chi connectivity index (χ2v) is 5.95. The maximum atomic E-state index is 6.01. The summed E-state index contributed by atoms with van der Waals surface area (Å²) >= 11 is 0. The molecule has 1 aromatic rings. The van der Waals surface area contributed by atoms with Gasteiger partial charge in [0.25, 0.3) is 0 Å². The first-order chi connectivity index (χ1) is 11.2. The molecular weight excluding hydrogens is 286 g/mol. The number of benzene rings is 1. The Kier molecular flexibility index (Phi) is 7.17. The number of anilines is 1. The second kappa shape index (κ2) is 9.38. The van der Waals surface area contributed by atoms with Crippen LogP contribution in [0.2, 0.25) is 0 Å². The topological polar surface area (TPSA) is 50.5 Å². The van der Waals surface area contributed by atoms with Gasteiger partial charge in [-0.15, -0.1) is 0 Å². The highest BCUT2D eigenvalue weighted by molar-refractivity contribution is 5.66. The van der Waals surface area contributed by atoms with Crippen LogP contribution in [0, 0.1) is 0 Å². The van der Waals surface area contributed by atoms with Gasteiger partial charge in [0.2, 0.25) is 0 Å². The molecule has 4 heteroatoms. The summed E-state index contributed by atoms with van der Waals surface area (Å²) in [6.45, 7) is 12.0. The molecule has 1 saturated heterocycles. The first-order valence-corrected chi connectivity index (χ1v) is 8.43. The number of nitrogens with zero attached hydrogens (tertiary/aromatic N) is 1. The number of hydrogen-bond acceptors (Lipinski definition) is 4. The highest BCUT2D eigenvalue weighted by atomic mass is 16.5. The average Bonchev–Trinajstić information content (AvgIpc) is 2.57. The van der Waals surface area contributed by atoms with E-state index >= 15 is 0 Å². The van der Waals surface area contributed by atoms with E-state index in [0.717, 1.165) is 69.2 Å². The zero-order chi connectivity index (χ0) is 16.5. The Morgan fingerprint density at radius 1 is 1.35 bits per heavy atom. The Balaban J connectivity index is 1.79. The summed E-state index contributed by atoms with van der Waals surface area (Å²) in [5.74, 6) is 0. The predicted octanol–water partition coefficient (Wildman–Crippen LogP) is 2.67. The van der Waals surface area contributed by atoms with Crippen molar-refractivity contribution < 1.29 is 4.74 Å². The van der Waals surface area contributed by atoms with Crippen LogP contribution in [0.15, 0.2) is 36.9 Å². The molecule has 0 aromatic heterocycles. The third-order valence-electron chi connectivity index (χ3n) is 4.05. The smallest absolute Gasteiger partial charge is 0.0594 e. The van der Waals surface area contributed by atoms with Gasteiger partial charge in [0.15, 0.2) is 0 Å². The van der Waals surface area contributed by atoms with Crippen LogP contribution in [0.3, 0.4) is 0 Å². The van der Waals surface area contributed by atoms with E-state index in [1.165, 1.54) is 5.56 Å². The number of allylic oxidation sites excluding steroid dienone is 2. The van der Waals surface area contributed by atoms with Crippen LogP contribution in [0.25, 0.3) is 5.70 Å². The first-order valence-electron chi connectivity index (χ1n) is 8.43. The van der Waals surface area contributed by atoms with Crippen molar-refractivity contribution in [2.24, 2.45) is 0 Å². The van der Waals surface area contributed by atoms with Gasteiger partial charge in [0.05, 0.1) is 13.2 Å². The molecule has 0 atom stereocenters. The van der Waals surface area contributed by atoms with Gasteiger partial charge < -0.3 is 15.8 Å². The minimum absolute atomic E-state index is 0.790. The van der Waals surface area contributed by atoms with E-state index in [2.05, 4.69) is 35.0 Å². The number of nitrogens with two attached hydrogens (primary N) is 1. The normalized spacial score (nSPS) is 15.9. The van der Waals surface area contributed by atoms with Gasteiger partial charge in [-0.1, -0.05) is 18.7 Å². The van der Waals surface area contributed by atoms with E-state index < -0.39 is 0 Å². The summed E-state index contributed by atoms with van der Waals surface area (Å²) in [5.41, 5.74) is 10.0. The quantitative estimate of drug-likeness (QED) is 0.440. The molecule has 0 amide bonds. The molecule has 1 fully saturated rings. The first kappa shape index (κ1) is 17.6. The number of rotatable bonds is 8. The molecule has 0 spiro atoms. The molecule has 1 heterocycles. The molecule has 2 rings (SSSR count). The van der Waals surface area contributed by atoms with Crippen molar-refractivity contribution in [3.05, 3.63) is 48.1 Å². The third-order valence-corrected chi connectivity index (χ3v) is 4.05. The van der Waals surface area contributed by atoms with E-state index in [4.69, 9.17) is 10.5 Å². The molecule has 0 aliphatic carbocycles. The Morgan fingerprint density at radius 2 is 2.13 bits per heavy atom. The molecule has 126 valence electrons. The lowest BCUT2D eigenvalue weighted by Gasteiger charge is -2.26. The lowest BCUT2D eigenvalue weighted by Crippen LogP contribution is -2.37. The lowest BCUT2D eigenvalue weighted by atomic mass is 10.0. The molecule has 23 heavy (non-hydrogen) atoms. The van der Waals surface area contributed by atoms with Crippen LogP contribution in [0.4, 0.5) is 5.69 Å². The summed E-state index contributed by atoms with van der Waals surface area (Å²) in [6, 6.07) is 6.17. The molecule has 4 nitrogen and oxygen atoms in total. The van der Waals surface area contributed by atoms with E-state index in [1.807, 2.05) is 19.1 Å². The summed E-state index contributed by atoms with van der Waals surface area (Å²) in [4.78, 5) is 2.45. The summed E-state index contributed by atoms with van der Waals surface area (Å²) < 4.78 is 5.36. The van der Waals surface area contributed by atoms with Gasteiger partial charge in [0, 0.05) is 31.0 Å². The summed E-state index contributed by atoms with van der Waals surface area (Å²) in [7, 11) is 0. The average molecular weight is 315 g/mol. The third kappa shape index (κ3) is 6.08. The molecule has 3 N–H and O–H groups in total. The number of nitrogens with one attached hydrogen (secondary N) is 1. The molecule has 1 aliphatic rings. The fourth-order valence-corrected chi connectivity index (χ4v) is 2.73. The van der Waals surface area contributed by atoms with Gasteiger partial charge in [0.1, 0.15) is 0 Å². The van der Waals surface area contributed by atoms with Crippen molar-refractivity contribution in [3.8, 4) is 0 Å². The molecule has 1 aromatic carbocycles. The van der Waals surface area contributed by atoms with Gasteiger partial charge in [-0.3, -0.25) is 4.90 Å². The lowest BCUT2D eigenvalue weighted by molar-refractivity contribution is 0.0376. The van der Waals surface area contributed by atoms with Crippen molar-refractivity contribution in [1.82, 2.24) is 10.2 Å². The molecule has 1 aliphatic heterocycles. The van der Waals surface area contributed by atoms with Crippen molar-refractivity contribution >= 4 is 11.4 Å². The van der Waals surface area contributed by atoms with E-state index in [-0.39, 0.29) is 0 Å². The molecule has 0 radical (unpaired) electrons. The van der Waals surface area contributed by atoms with Crippen molar-refractivity contribution in [2.75, 3.05) is 45.1 Å². The zero-order valence-corrected chi connectivity index (χ0v) is 14.2. The maximum Gasteiger partial charge on any atom is 0.0594 e. The van der Waals surface area contributed by atoms with Crippen LogP contribution in [-0.2, 0) is 11.2 Å². The summed E-state index contributed by atoms with van der Waals surface area (Å²) in [5, 5.41) is 3.42. The second-order valence-electron chi connectivity index (χ2n) is 5.95. The molecule has 0 bridgehead atoms. The number of hydrogen-bond donors (Lipinski definition) is 2. The fraction of sp³-hybridized carbons (Fsp3) is 0.474. The standard InChI is InChI=1S/C19H29N3O/c1-3-4-6-17-13-18(15-19(20)14-17)16(2)21-7-5-8-22-9-11-23-12-10-22/h3-4,13-15,21H,2,5-12,20H2,1H3/b4-3+. The van der Waals surface area contributed by atoms with Crippen molar-refractivity contribution in [1.29, 1.82) is 0 Å². The fourth-order valence-electron chi connectivity index (χ4n) is 2.73. The van der Waals surface area contributed by atoms with Crippen LogP contribution in [0.1, 0.15) is 24.5 Å². The Morgan fingerprint density at radius 3 is 2.87 bits per heavy atom. The van der Waals surface area contributed by atoms with Crippen LogP contribution in [-0.4, -0.2) is 44.3 Å². The predicted molar refractivity (Wildman–Crippen MR) is 98.3 cm³/mol. The minimum Gasteiger partial charge on any atom is -0.399 e. The van der Waals surface area contributed by atoms with Gasteiger partial charge in [-0.25, -0.2) is 0 Å². The van der Waals surface area contributed by atoms with Crippen molar-refractivity contribution in [3.63, 3.8) is 0 Å². The Bertz CT molecular complexity index is 533. The van der Waals surface area contributed by atoms with E-state index in [9.17, 15) is 0 Å². The van der Waals surface area contributed by atoms with E-state index in [0.29, 0.717) is 0 Å². The number of morpholine rings is 1. The highest BCUT2D eigenvalue weighted by Gasteiger charge is 2.09. The van der Waals surface area contributed by atoms with Gasteiger partial charge >= 0.3 is 0 Å². The number of nitrogen functional groups attached to an aromatic ring is 1. The van der Waals surface area contributed by atoms with Gasteiger partial charge in [-0.05, 0) is 55.6 Å². The zero-order valence-electron chi connectivity index (χ0n) is 14.2. The van der Waals surface area contributed by atoms with Crippen molar-refractivity contribution in [2.45, 2.75) is 19.8 Å². The maximum absolute atomic E-state index is 6.01. The Labute approximate surface area is 140 Å². The van der Waals surface area contributed by atoms with E-state index in [1.54, 1.807) is 0 Å².